The van der Waals surface area contributed by atoms with Gasteiger partial charge in [-0.3, -0.25) is 4.79 Å². The Balaban J connectivity index is 1.95. The van der Waals surface area contributed by atoms with Crippen molar-refractivity contribution in [2.24, 2.45) is 5.41 Å². The largest absolute Gasteiger partial charge is 0.348 e. The number of nitrogens with zero attached hydrogens (tertiary/aromatic N) is 3. The molecule has 1 unspecified atom stereocenters. The fourth-order valence-electron chi connectivity index (χ4n) is 1.78. The molecule has 1 atom stereocenters. The van der Waals surface area contributed by atoms with E-state index in [1.807, 2.05) is 0 Å². The Bertz CT molecular complexity index is 496. The van der Waals surface area contributed by atoms with Gasteiger partial charge in [0.15, 0.2) is 0 Å². The summed E-state index contributed by atoms with van der Waals surface area (Å²) in [6, 6.07) is 2.16. The lowest BCUT2D eigenvalue weighted by atomic mass is 9.96. The van der Waals surface area contributed by atoms with Crippen LogP contribution in [0.15, 0.2) is 4.52 Å². The summed E-state index contributed by atoms with van der Waals surface area (Å²) in [4.78, 5) is 15.9. The lowest BCUT2D eigenvalue weighted by Gasteiger charge is -2.14. The number of carbonyl (C=O) groups is 1. The first kappa shape index (κ1) is 13.5. The first-order chi connectivity index (χ1) is 9.02. The van der Waals surface area contributed by atoms with Gasteiger partial charge < -0.3 is 15.2 Å². The summed E-state index contributed by atoms with van der Waals surface area (Å²) in [6.45, 7) is 4.66. The molecule has 1 saturated heterocycles. The van der Waals surface area contributed by atoms with Crippen molar-refractivity contribution in [1.29, 1.82) is 5.26 Å². The van der Waals surface area contributed by atoms with Crippen molar-refractivity contribution in [3.8, 4) is 6.07 Å². The van der Waals surface area contributed by atoms with E-state index < -0.39 is 11.3 Å². The molecule has 1 aromatic rings. The molecule has 19 heavy (non-hydrogen) atoms. The molecule has 2 heterocycles. The first-order valence-corrected chi connectivity index (χ1v) is 6.28. The zero-order valence-electron chi connectivity index (χ0n) is 11.1. The third kappa shape index (κ3) is 3.29. The maximum absolute atomic E-state index is 11.8. The van der Waals surface area contributed by atoms with Crippen LogP contribution in [-0.4, -0.2) is 29.1 Å². The predicted molar refractivity (Wildman–Crippen MR) is 66.0 cm³/mol. The van der Waals surface area contributed by atoms with Gasteiger partial charge in [0.05, 0.1) is 17.5 Å². The summed E-state index contributed by atoms with van der Waals surface area (Å²) in [5.41, 5.74) is -0.616. The monoisotopic (exact) mass is 263 g/mol. The number of aromatic nitrogens is 2. The molecule has 0 aromatic carbocycles. The Morgan fingerprint density at radius 1 is 1.68 bits per heavy atom. The van der Waals surface area contributed by atoms with Gasteiger partial charge in [0.2, 0.25) is 5.89 Å². The maximum atomic E-state index is 11.8. The number of rotatable bonds is 4. The van der Waals surface area contributed by atoms with Crippen LogP contribution in [0, 0.1) is 16.7 Å². The number of hydrogen-bond acceptors (Lipinski definition) is 6. The molecule has 1 aliphatic heterocycles. The van der Waals surface area contributed by atoms with Crippen molar-refractivity contribution < 1.29 is 9.32 Å². The predicted octanol–water partition coefficient (Wildman–Crippen LogP) is 0.774. The molecule has 0 aliphatic carbocycles. The van der Waals surface area contributed by atoms with E-state index in [2.05, 4.69) is 26.8 Å². The van der Waals surface area contributed by atoms with Gasteiger partial charge >= 0.3 is 0 Å². The third-order valence-corrected chi connectivity index (χ3v) is 3.00. The second kappa shape index (κ2) is 5.36. The second-order valence-corrected chi connectivity index (χ2v) is 5.28. The molecule has 7 nitrogen and oxygen atoms in total. The quantitative estimate of drug-likeness (QED) is 0.831. The molecule has 1 aliphatic rings. The molecule has 1 fully saturated rings. The van der Waals surface area contributed by atoms with Gasteiger partial charge in [0.25, 0.3) is 11.7 Å². The van der Waals surface area contributed by atoms with E-state index in [0.717, 1.165) is 19.4 Å². The fourth-order valence-corrected chi connectivity index (χ4v) is 1.78. The van der Waals surface area contributed by atoms with Gasteiger partial charge in [0.1, 0.15) is 0 Å². The molecule has 1 amide bonds. The topological polar surface area (TPSA) is 104 Å². The SMILES string of the molecule is CC(C)(C#N)CNC(=O)c1noc(C2CCCN2)n1. The van der Waals surface area contributed by atoms with Crippen molar-refractivity contribution in [2.45, 2.75) is 32.7 Å². The van der Waals surface area contributed by atoms with Gasteiger partial charge in [-0.2, -0.15) is 10.2 Å². The highest BCUT2D eigenvalue weighted by molar-refractivity contribution is 5.90. The van der Waals surface area contributed by atoms with Gasteiger partial charge in [-0.05, 0) is 33.2 Å². The van der Waals surface area contributed by atoms with E-state index in [0.29, 0.717) is 5.89 Å². The lowest BCUT2D eigenvalue weighted by molar-refractivity contribution is 0.0930. The van der Waals surface area contributed by atoms with Crippen LogP contribution in [0.2, 0.25) is 0 Å². The van der Waals surface area contributed by atoms with Crippen LogP contribution in [0.5, 0.6) is 0 Å². The molecule has 102 valence electrons. The van der Waals surface area contributed by atoms with Crippen LogP contribution >= 0.6 is 0 Å². The summed E-state index contributed by atoms with van der Waals surface area (Å²) < 4.78 is 5.08. The van der Waals surface area contributed by atoms with Crippen LogP contribution in [0.1, 0.15) is 49.2 Å². The number of nitrogens with one attached hydrogen (secondary N) is 2. The van der Waals surface area contributed by atoms with Crippen LogP contribution < -0.4 is 10.6 Å². The average molecular weight is 263 g/mol. The highest BCUT2D eigenvalue weighted by Crippen LogP contribution is 2.21. The normalized spacial score (nSPS) is 19.1. The summed E-state index contributed by atoms with van der Waals surface area (Å²) in [5.74, 6) is 0.0379. The zero-order valence-corrected chi connectivity index (χ0v) is 11.1. The van der Waals surface area contributed by atoms with Gasteiger partial charge in [-0.25, -0.2) is 0 Å². The fraction of sp³-hybridized carbons (Fsp3) is 0.667. The minimum absolute atomic E-state index is 0.0115. The molecule has 7 heteroatoms. The van der Waals surface area contributed by atoms with Crippen LogP contribution in [0.25, 0.3) is 0 Å². The molecule has 2 rings (SSSR count). The van der Waals surface area contributed by atoms with E-state index in [1.165, 1.54) is 0 Å². The Morgan fingerprint density at radius 2 is 2.47 bits per heavy atom. The molecule has 0 spiro atoms. The van der Waals surface area contributed by atoms with E-state index in [4.69, 9.17) is 9.78 Å². The summed E-state index contributed by atoms with van der Waals surface area (Å²) >= 11 is 0. The standard InChI is InChI=1S/C12H17N5O2/c1-12(2,6-13)7-15-10(18)9-16-11(19-17-9)8-4-3-5-14-8/h8,14H,3-5,7H2,1-2H3,(H,15,18). The van der Waals surface area contributed by atoms with Gasteiger partial charge in [-0.1, -0.05) is 5.16 Å². The van der Waals surface area contributed by atoms with Crippen LogP contribution in [0.3, 0.4) is 0 Å². The van der Waals surface area contributed by atoms with Crippen LogP contribution in [0.4, 0.5) is 0 Å². The van der Waals surface area contributed by atoms with Crippen LogP contribution in [-0.2, 0) is 0 Å². The molecular formula is C12H17N5O2. The molecule has 1 aromatic heterocycles. The molecular weight excluding hydrogens is 246 g/mol. The van der Waals surface area contributed by atoms with Crippen molar-refractivity contribution in [3.63, 3.8) is 0 Å². The zero-order chi connectivity index (χ0) is 13.9. The molecule has 0 bridgehead atoms. The Hall–Kier alpha value is -1.94. The molecule has 0 saturated carbocycles. The van der Waals surface area contributed by atoms with Crippen molar-refractivity contribution in [2.75, 3.05) is 13.1 Å². The van der Waals surface area contributed by atoms with E-state index in [9.17, 15) is 4.79 Å². The third-order valence-electron chi connectivity index (χ3n) is 3.00. The number of hydrogen-bond donors (Lipinski definition) is 2. The van der Waals surface area contributed by atoms with Crippen molar-refractivity contribution in [3.05, 3.63) is 11.7 Å². The number of carbonyl (C=O) groups excluding carboxylic acids is 1. The molecule has 2 N–H and O–H groups in total. The molecule has 0 radical (unpaired) electrons. The Kier molecular flexibility index (Phi) is 3.81. The first-order valence-electron chi connectivity index (χ1n) is 6.28. The second-order valence-electron chi connectivity index (χ2n) is 5.28. The smallest absolute Gasteiger partial charge is 0.292 e. The summed E-state index contributed by atoms with van der Waals surface area (Å²) in [6.07, 6.45) is 2.00. The minimum atomic E-state index is -0.616. The van der Waals surface area contributed by atoms with Crippen molar-refractivity contribution >= 4 is 5.91 Å². The van der Waals surface area contributed by atoms with Gasteiger partial charge in [-0.15, -0.1) is 0 Å². The summed E-state index contributed by atoms with van der Waals surface area (Å²) in [5, 5.41) is 18.4. The Labute approximate surface area is 111 Å². The highest BCUT2D eigenvalue weighted by atomic mass is 16.5. The highest BCUT2D eigenvalue weighted by Gasteiger charge is 2.25. The number of amides is 1. The average Bonchev–Trinajstić information content (AvgIpc) is 3.05. The van der Waals surface area contributed by atoms with E-state index in [-0.39, 0.29) is 18.4 Å². The maximum Gasteiger partial charge on any atom is 0.292 e. The van der Waals surface area contributed by atoms with E-state index in [1.54, 1.807) is 13.8 Å². The lowest BCUT2D eigenvalue weighted by Crippen LogP contribution is -2.33. The minimum Gasteiger partial charge on any atom is -0.348 e. The van der Waals surface area contributed by atoms with Gasteiger partial charge in [0, 0.05) is 6.54 Å². The Morgan fingerprint density at radius 3 is 3.11 bits per heavy atom. The van der Waals surface area contributed by atoms with Crippen molar-refractivity contribution in [1.82, 2.24) is 20.8 Å². The number of nitriles is 1. The summed E-state index contributed by atoms with van der Waals surface area (Å²) in [7, 11) is 0. The van der Waals surface area contributed by atoms with E-state index >= 15 is 0 Å².